The Morgan fingerprint density at radius 1 is 0.339 bits per heavy atom. The molecule has 25 nitrogen and oxygen atoms in total. The van der Waals surface area contributed by atoms with Gasteiger partial charge in [-0.15, -0.1) is 0 Å². The maximum absolute atomic E-state index is 14.9. The first kappa shape index (κ1) is 106. The predicted molar refractivity (Wildman–Crippen MR) is 444 cm³/mol. The van der Waals surface area contributed by atoms with Crippen LogP contribution < -0.4 is 0 Å². The Morgan fingerprint density at radius 2 is 0.652 bits per heavy atom. The number of esters is 4. The fraction of sp³-hybridized carbons (Fsp3) is 0.910. The van der Waals surface area contributed by atoms with E-state index in [9.17, 15) is 74.6 Å². The highest BCUT2D eigenvalue weighted by molar-refractivity contribution is 7.47. The first-order valence-electron chi connectivity index (χ1n) is 46.1. The summed E-state index contributed by atoms with van der Waals surface area (Å²) in [5.74, 6) is -2.98. The molecule has 0 spiro atoms. The van der Waals surface area contributed by atoms with E-state index < -0.39 is 162 Å². The van der Waals surface area contributed by atoms with Crippen molar-refractivity contribution in [2.45, 2.75) is 491 Å². The average Bonchev–Trinajstić information content (AvgIpc) is 0.753. The third-order valence-electron chi connectivity index (χ3n) is 22.4. The summed E-state index contributed by atoms with van der Waals surface area (Å²) in [6, 6.07) is 0. The van der Waals surface area contributed by atoms with Crippen molar-refractivity contribution in [2.75, 3.05) is 26.4 Å². The zero-order chi connectivity index (χ0) is 84.0. The molecule has 0 amide bonds. The van der Waals surface area contributed by atoms with Gasteiger partial charge in [0.2, 0.25) is 0 Å². The van der Waals surface area contributed by atoms with Crippen molar-refractivity contribution in [3.8, 4) is 0 Å². The van der Waals surface area contributed by atoms with E-state index in [1.807, 2.05) is 0 Å². The summed E-state index contributed by atoms with van der Waals surface area (Å²) in [6.45, 7) is 5.56. The second kappa shape index (κ2) is 68.5. The number of hydrogen-bond acceptors (Lipinski definition) is 24. The number of hydrogen-bond donors (Lipinski definition) is 10. The minimum Gasteiger partial charge on any atom is -0.463 e. The summed E-state index contributed by atoms with van der Waals surface area (Å²) in [5.41, 5.74) is 0. The number of carbonyl (C=O) groups excluding carboxylic acids is 4. The molecule has 3 aliphatic rings. The molecule has 115 heavy (non-hydrogen) atoms. The highest BCUT2D eigenvalue weighted by atomic mass is 31.2. The van der Waals surface area contributed by atoms with Crippen molar-refractivity contribution < 1.29 is 122 Å². The van der Waals surface area contributed by atoms with Gasteiger partial charge in [-0.2, -0.15) is 0 Å². The molecule has 2 aliphatic heterocycles. The molecule has 2 heterocycles. The lowest BCUT2D eigenvalue weighted by Crippen LogP contribution is -2.70. The monoisotopic (exact) mass is 1660 g/mol. The maximum atomic E-state index is 14.9. The lowest BCUT2D eigenvalue weighted by Gasteiger charge is -2.50. The molecule has 0 aromatic heterocycles. The fourth-order valence-corrected chi connectivity index (χ4v) is 16.0. The number of phosphoric acid groups is 1. The topological polar surface area (TPSA) is 380 Å². The van der Waals surface area contributed by atoms with Crippen LogP contribution in [0.4, 0.5) is 0 Å². The van der Waals surface area contributed by atoms with Gasteiger partial charge in [-0.3, -0.25) is 28.2 Å². The number of rotatable bonds is 74. The Bertz CT molecular complexity index is 2490. The summed E-state index contributed by atoms with van der Waals surface area (Å²) in [4.78, 5) is 66.4. The van der Waals surface area contributed by atoms with Crippen molar-refractivity contribution >= 4 is 31.7 Å². The molecule has 1 aliphatic carbocycles. The van der Waals surface area contributed by atoms with Crippen LogP contribution in [0.5, 0.6) is 0 Å². The molecule has 18 unspecified atom stereocenters. The first-order chi connectivity index (χ1) is 55.7. The van der Waals surface area contributed by atoms with Crippen LogP contribution in [0.1, 0.15) is 387 Å². The summed E-state index contributed by atoms with van der Waals surface area (Å²) in [5, 5.41) is 102. The largest absolute Gasteiger partial charge is 0.472 e. The molecule has 26 heteroatoms. The summed E-state index contributed by atoms with van der Waals surface area (Å²) in [6.07, 6.45) is 27.6. The maximum Gasteiger partial charge on any atom is 0.472 e. The zero-order valence-corrected chi connectivity index (χ0v) is 72.5. The predicted octanol–water partition coefficient (Wildman–Crippen LogP) is 16.5. The van der Waals surface area contributed by atoms with Crippen LogP contribution in [0.3, 0.4) is 0 Å². The Labute approximate surface area is 692 Å². The Morgan fingerprint density at radius 3 is 1.05 bits per heavy atom. The number of unbranched alkanes of at least 4 members (excludes halogenated alkanes) is 46. The molecule has 1 saturated carbocycles. The molecule has 674 valence electrons. The standard InChI is InChI=1S/C89H163O25P/c1-5-9-13-17-21-25-29-33-35-39-42-45-49-53-57-61-72(91)105-66-69(108-74(93)63-59-55-51-47-44-40-36-34-30-26-22-18-14-10-6-2)67-107-115(103,104)114-87-85(112-88-82(101)78(97)76(95)70(65-90)109-88)81(100)80(99)84(111-75(94)64-60-56-52-48-43-38-32-28-24-20-16-12-8-4)86(87)113-89-83(102)79(98)77(96)71(110-89)68-106-73(92)62-58-54-50-46-41-37-31-27-23-19-15-11-7-3/h26,30,38,43,69-71,76-90,95-102H,5-25,27-29,31-37,39-42,44-68H2,1-4H3,(H,103,104)/b30-26-,43-38-. The van der Waals surface area contributed by atoms with Gasteiger partial charge in [0.1, 0.15) is 92.6 Å². The van der Waals surface area contributed by atoms with Crippen LogP contribution in [0.15, 0.2) is 24.3 Å². The van der Waals surface area contributed by atoms with Crippen LogP contribution in [0.2, 0.25) is 0 Å². The SMILES string of the molecule is CCCCCC/C=C\CCCCCCCCCC(=O)OC(COC(=O)CCCCCCCCCCCCCCCCC)COP(=O)(O)OC1C(OC2OC(CO)C(O)C(O)C2O)C(O)C(O)C(OC(=O)CCCCC/C=C\CCCCCCCC)C1OC1OC(COC(=O)CCCCCCCCCCCCCCC)C(O)C(O)C1O. The van der Waals surface area contributed by atoms with Crippen LogP contribution in [0, 0.1) is 0 Å². The van der Waals surface area contributed by atoms with Crippen molar-refractivity contribution in [3.05, 3.63) is 24.3 Å². The number of carbonyl (C=O) groups is 4. The van der Waals surface area contributed by atoms with Gasteiger partial charge in [-0.25, -0.2) is 4.57 Å². The normalized spacial score (nSPS) is 25.3. The van der Waals surface area contributed by atoms with E-state index >= 15 is 0 Å². The average molecular weight is 1660 g/mol. The van der Waals surface area contributed by atoms with E-state index in [1.54, 1.807) is 0 Å². The second-order valence-electron chi connectivity index (χ2n) is 32.8. The van der Waals surface area contributed by atoms with E-state index in [2.05, 4.69) is 52.0 Å². The number of allylic oxidation sites excluding steroid dienone is 4. The minimum atomic E-state index is -5.81. The van der Waals surface area contributed by atoms with E-state index in [0.29, 0.717) is 38.5 Å². The van der Waals surface area contributed by atoms with Gasteiger partial charge in [0.05, 0.1) is 13.2 Å². The van der Waals surface area contributed by atoms with Crippen LogP contribution in [-0.2, 0) is 70.7 Å². The third kappa shape index (κ3) is 49.0. The molecule has 3 rings (SSSR count). The van der Waals surface area contributed by atoms with E-state index in [-0.39, 0.29) is 32.1 Å². The van der Waals surface area contributed by atoms with E-state index in [4.69, 9.17) is 46.9 Å². The molecular formula is C89H163O25P. The lowest BCUT2D eigenvalue weighted by atomic mass is 9.84. The van der Waals surface area contributed by atoms with Gasteiger partial charge >= 0.3 is 31.7 Å². The third-order valence-corrected chi connectivity index (χ3v) is 23.4. The Hall–Kier alpha value is -3.05. The molecule has 3 fully saturated rings. The van der Waals surface area contributed by atoms with Crippen molar-refractivity contribution in [1.82, 2.24) is 0 Å². The van der Waals surface area contributed by atoms with Crippen molar-refractivity contribution in [1.29, 1.82) is 0 Å². The van der Waals surface area contributed by atoms with Crippen LogP contribution in [-0.4, -0.2) is 205 Å². The van der Waals surface area contributed by atoms with Crippen molar-refractivity contribution in [3.63, 3.8) is 0 Å². The molecule has 18 atom stereocenters. The Kier molecular flexibility index (Phi) is 63.2. The number of phosphoric ester groups is 1. The molecular weight excluding hydrogens is 1500 g/mol. The first-order valence-corrected chi connectivity index (χ1v) is 47.6. The Balaban J connectivity index is 1.93. The van der Waals surface area contributed by atoms with Gasteiger partial charge in [-0.1, -0.05) is 309 Å². The highest BCUT2D eigenvalue weighted by Crippen LogP contribution is 2.49. The lowest BCUT2D eigenvalue weighted by molar-refractivity contribution is -0.360. The zero-order valence-electron chi connectivity index (χ0n) is 71.6. The number of aliphatic hydroxyl groups is 9. The number of ether oxygens (including phenoxy) is 8. The molecule has 0 radical (unpaired) electrons. The van der Waals surface area contributed by atoms with Gasteiger partial charge in [-0.05, 0) is 77.0 Å². The molecule has 10 N–H and O–H groups in total. The van der Waals surface area contributed by atoms with Gasteiger partial charge in [0.15, 0.2) is 24.8 Å². The molecule has 0 aromatic rings. The van der Waals surface area contributed by atoms with Crippen LogP contribution >= 0.6 is 7.82 Å². The van der Waals surface area contributed by atoms with E-state index in [0.717, 1.165) is 135 Å². The minimum absolute atomic E-state index is 0.0155. The number of aliphatic hydroxyl groups excluding tert-OH is 9. The second-order valence-corrected chi connectivity index (χ2v) is 34.2. The summed E-state index contributed by atoms with van der Waals surface area (Å²) >= 11 is 0. The van der Waals surface area contributed by atoms with Gasteiger partial charge < -0.3 is 88.7 Å². The molecule has 2 saturated heterocycles. The molecule has 0 aromatic carbocycles. The highest BCUT2D eigenvalue weighted by Gasteiger charge is 2.60. The van der Waals surface area contributed by atoms with Crippen molar-refractivity contribution in [2.24, 2.45) is 0 Å². The summed E-state index contributed by atoms with van der Waals surface area (Å²) < 4.78 is 73.3. The summed E-state index contributed by atoms with van der Waals surface area (Å²) in [7, 11) is -5.81. The van der Waals surface area contributed by atoms with Crippen LogP contribution in [0.25, 0.3) is 0 Å². The van der Waals surface area contributed by atoms with Gasteiger partial charge in [0.25, 0.3) is 0 Å². The molecule has 0 bridgehead atoms. The van der Waals surface area contributed by atoms with E-state index in [1.165, 1.54) is 154 Å². The smallest absolute Gasteiger partial charge is 0.463 e. The fourth-order valence-electron chi connectivity index (χ4n) is 15.1. The van der Waals surface area contributed by atoms with Gasteiger partial charge in [0, 0.05) is 25.7 Å². The quantitative estimate of drug-likeness (QED) is 0.00889.